The molecule has 1 heterocycles. The Morgan fingerprint density at radius 3 is 2.29 bits per heavy atom. The van der Waals surface area contributed by atoms with Crippen LogP contribution in [0.15, 0.2) is 0 Å². The highest BCUT2D eigenvalue weighted by Gasteiger charge is 2.54. The Bertz CT molecular complexity index is 287. The molecule has 2 fully saturated rings. The van der Waals surface area contributed by atoms with Gasteiger partial charge in [0, 0.05) is 12.1 Å². The van der Waals surface area contributed by atoms with Crippen LogP contribution in [-0.2, 0) is 10.0 Å². The first kappa shape index (κ1) is 10.4. The predicted octanol–water partition coefficient (Wildman–Crippen LogP) is 1.74. The molecule has 0 N–H and O–H groups in total. The van der Waals surface area contributed by atoms with E-state index in [0.29, 0.717) is 17.8 Å². The number of fused-ring (bicyclic) bond motifs is 1. The summed E-state index contributed by atoms with van der Waals surface area (Å²) in [4.78, 5) is 0. The molecule has 1 saturated carbocycles. The summed E-state index contributed by atoms with van der Waals surface area (Å²) in [5.74, 6) is 0.358. The highest BCUT2D eigenvalue weighted by Crippen LogP contribution is 2.42. The fraction of sp³-hybridized carbons (Fsp3) is 1.00. The fourth-order valence-electron chi connectivity index (χ4n) is 2.50. The molecular formula is C10H19NO2S. The second kappa shape index (κ2) is 3.81. The van der Waals surface area contributed by atoms with E-state index in [9.17, 15) is 8.42 Å². The minimum atomic E-state index is -2.90. The summed E-state index contributed by atoms with van der Waals surface area (Å²) >= 11 is 0. The van der Waals surface area contributed by atoms with Gasteiger partial charge in [-0.25, -0.2) is 8.42 Å². The Hall–Kier alpha value is -0.0900. The quantitative estimate of drug-likeness (QED) is 0.673. The average molecular weight is 217 g/mol. The summed E-state index contributed by atoms with van der Waals surface area (Å²) in [5, 5.41) is 0. The van der Waals surface area contributed by atoms with Gasteiger partial charge in [-0.1, -0.05) is 26.2 Å². The Labute approximate surface area is 86.5 Å². The van der Waals surface area contributed by atoms with Gasteiger partial charge in [0.25, 0.3) is 0 Å². The Balaban J connectivity index is 1.96. The lowest BCUT2D eigenvalue weighted by molar-refractivity contribution is 0.542. The van der Waals surface area contributed by atoms with Gasteiger partial charge >= 0.3 is 0 Å². The van der Waals surface area contributed by atoms with Crippen molar-refractivity contribution >= 4 is 10.0 Å². The lowest BCUT2D eigenvalue weighted by atomic mass is 10.0. The zero-order chi connectivity index (χ0) is 10.2. The first-order valence-corrected chi connectivity index (χ1v) is 7.29. The summed E-state index contributed by atoms with van der Waals surface area (Å²) < 4.78 is 25.5. The van der Waals surface area contributed by atoms with Crippen molar-refractivity contribution in [1.82, 2.24) is 4.31 Å². The first-order chi connectivity index (χ1) is 6.67. The van der Waals surface area contributed by atoms with Gasteiger partial charge in [0.15, 0.2) is 0 Å². The molecule has 14 heavy (non-hydrogen) atoms. The molecule has 2 aliphatic rings. The molecule has 82 valence electrons. The lowest BCUT2D eigenvalue weighted by Gasteiger charge is -2.04. The molecule has 0 radical (unpaired) electrons. The molecule has 0 spiro atoms. The maximum absolute atomic E-state index is 11.8. The number of nitrogens with zero attached hydrogens (tertiary/aromatic N) is 1. The first-order valence-electron chi connectivity index (χ1n) is 5.68. The third kappa shape index (κ3) is 1.82. The highest BCUT2D eigenvalue weighted by molar-refractivity contribution is 7.89. The van der Waals surface area contributed by atoms with Crippen LogP contribution in [0.4, 0.5) is 0 Å². The largest absolute Gasteiger partial charge is 0.214 e. The molecule has 0 amide bonds. The minimum Gasteiger partial charge on any atom is -0.212 e. The van der Waals surface area contributed by atoms with Gasteiger partial charge in [-0.15, -0.1) is 0 Å². The van der Waals surface area contributed by atoms with Crippen LogP contribution in [-0.4, -0.2) is 30.6 Å². The molecule has 0 bridgehead atoms. The molecule has 1 unspecified atom stereocenters. The molecule has 2 rings (SSSR count). The number of rotatable bonds is 4. The van der Waals surface area contributed by atoms with E-state index in [1.54, 1.807) is 4.31 Å². The molecule has 0 aromatic carbocycles. The monoisotopic (exact) mass is 217 g/mol. The SMILES string of the molecule is CCCCS(=O)(=O)N1[C@@H]2CCCC[C@@H]21. The smallest absolute Gasteiger partial charge is 0.212 e. The van der Waals surface area contributed by atoms with Crippen LogP contribution in [0.5, 0.6) is 0 Å². The Morgan fingerprint density at radius 2 is 1.79 bits per heavy atom. The number of hydrogen-bond donors (Lipinski definition) is 0. The van der Waals surface area contributed by atoms with E-state index in [2.05, 4.69) is 0 Å². The minimum absolute atomic E-state index is 0.358. The zero-order valence-corrected chi connectivity index (χ0v) is 9.59. The maximum Gasteiger partial charge on any atom is 0.214 e. The lowest BCUT2D eigenvalue weighted by Crippen LogP contribution is -2.18. The van der Waals surface area contributed by atoms with Crippen molar-refractivity contribution in [1.29, 1.82) is 0 Å². The van der Waals surface area contributed by atoms with Gasteiger partial charge < -0.3 is 0 Å². The summed E-state index contributed by atoms with van der Waals surface area (Å²) in [6, 6.07) is 0.760. The van der Waals surface area contributed by atoms with Gasteiger partial charge in [-0.3, -0.25) is 0 Å². The molecule has 1 aliphatic carbocycles. The van der Waals surface area contributed by atoms with Crippen molar-refractivity contribution in [3.63, 3.8) is 0 Å². The molecule has 3 nitrogen and oxygen atoms in total. The van der Waals surface area contributed by atoms with Crippen molar-refractivity contribution in [3.8, 4) is 0 Å². The molecule has 4 heteroatoms. The van der Waals surface area contributed by atoms with Gasteiger partial charge in [0.05, 0.1) is 5.75 Å². The zero-order valence-electron chi connectivity index (χ0n) is 8.78. The average Bonchev–Trinajstić information content (AvgIpc) is 2.89. The second-order valence-electron chi connectivity index (χ2n) is 4.42. The van der Waals surface area contributed by atoms with Crippen LogP contribution in [0.25, 0.3) is 0 Å². The third-order valence-electron chi connectivity index (χ3n) is 3.33. The van der Waals surface area contributed by atoms with E-state index in [4.69, 9.17) is 0 Å². The molecular weight excluding hydrogens is 198 g/mol. The van der Waals surface area contributed by atoms with Crippen LogP contribution in [0.2, 0.25) is 0 Å². The van der Waals surface area contributed by atoms with Crippen molar-refractivity contribution in [2.75, 3.05) is 5.75 Å². The van der Waals surface area contributed by atoms with Crippen molar-refractivity contribution in [3.05, 3.63) is 0 Å². The van der Waals surface area contributed by atoms with Crippen LogP contribution < -0.4 is 0 Å². The normalized spacial score (nSPS) is 36.5. The summed E-state index contributed by atoms with van der Waals surface area (Å²) in [5.41, 5.74) is 0. The molecule has 1 saturated heterocycles. The second-order valence-corrected chi connectivity index (χ2v) is 6.41. The standard InChI is InChI=1S/C10H19NO2S/c1-2-3-8-14(12,13)11-9-6-4-5-7-10(9)11/h9-10H,2-8H2,1H3/t9-,10+,11?. The van der Waals surface area contributed by atoms with E-state index >= 15 is 0 Å². The van der Waals surface area contributed by atoms with Crippen molar-refractivity contribution in [2.24, 2.45) is 0 Å². The van der Waals surface area contributed by atoms with E-state index in [0.717, 1.165) is 25.7 Å². The van der Waals surface area contributed by atoms with Crippen molar-refractivity contribution < 1.29 is 8.42 Å². The topological polar surface area (TPSA) is 37.1 Å². The summed E-state index contributed by atoms with van der Waals surface area (Å²) in [6.45, 7) is 2.03. The van der Waals surface area contributed by atoms with Crippen LogP contribution in [0.1, 0.15) is 45.4 Å². The Morgan fingerprint density at radius 1 is 1.21 bits per heavy atom. The highest BCUT2D eigenvalue weighted by atomic mass is 32.2. The molecule has 1 aliphatic heterocycles. The third-order valence-corrected chi connectivity index (χ3v) is 5.32. The molecule has 0 aromatic heterocycles. The Kier molecular flexibility index (Phi) is 2.84. The summed E-state index contributed by atoms with van der Waals surface area (Å²) in [6.07, 6.45) is 6.37. The van der Waals surface area contributed by atoms with Crippen LogP contribution >= 0.6 is 0 Å². The number of hydrogen-bond acceptors (Lipinski definition) is 2. The van der Waals surface area contributed by atoms with Gasteiger partial charge in [-0.05, 0) is 19.3 Å². The maximum atomic E-state index is 11.8. The van der Waals surface area contributed by atoms with Crippen molar-refractivity contribution in [2.45, 2.75) is 57.5 Å². The van der Waals surface area contributed by atoms with Gasteiger partial charge in [-0.2, -0.15) is 4.31 Å². The molecule has 3 atom stereocenters. The van der Waals surface area contributed by atoms with E-state index < -0.39 is 10.0 Å². The number of sulfonamides is 1. The molecule has 0 aromatic rings. The van der Waals surface area contributed by atoms with Crippen LogP contribution in [0.3, 0.4) is 0 Å². The van der Waals surface area contributed by atoms with Gasteiger partial charge in [0.2, 0.25) is 10.0 Å². The van der Waals surface area contributed by atoms with E-state index in [1.165, 1.54) is 12.8 Å². The fourth-order valence-corrected chi connectivity index (χ4v) is 4.63. The predicted molar refractivity (Wildman–Crippen MR) is 56.6 cm³/mol. The van der Waals surface area contributed by atoms with E-state index in [-0.39, 0.29) is 0 Å². The van der Waals surface area contributed by atoms with Gasteiger partial charge in [0.1, 0.15) is 0 Å². The van der Waals surface area contributed by atoms with E-state index in [1.807, 2.05) is 6.92 Å². The summed E-state index contributed by atoms with van der Waals surface area (Å²) in [7, 11) is -2.90. The van der Waals surface area contributed by atoms with Crippen LogP contribution in [0, 0.1) is 0 Å². The number of unbranched alkanes of at least 4 members (excludes halogenated alkanes) is 1.